The van der Waals surface area contributed by atoms with E-state index in [4.69, 9.17) is 4.42 Å². The molecule has 0 aliphatic heterocycles. The predicted octanol–water partition coefficient (Wildman–Crippen LogP) is 4.88. The molecular weight excluding hydrogens is 372 g/mol. The summed E-state index contributed by atoms with van der Waals surface area (Å²) < 4.78 is 7.52. The van der Waals surface area contributed by atoms with E-state index in [1.54, 1.807) is 6.26 Å². The Balaban J connectivity index is 1.73. The summed E-state index contributed by atoms with van der Waals surface area (Å²) in [5.74, 6) is 1.70. The first-order chi connectivity index (χ1) is 13.5. The van der Waals surface area contributed by atoms with E-state index in [-0.39, 0.29) is 11.2 Å². The highest BCUT2D eigenvalue weighted by molar-refractivity contribution is 8.00. The van der Waals surface area contributed by atoms with Gasteiger partial charge in [0.25, 0.3) is 0 Å². The monoisotopic (exact) mass is 398 g/mol. The molecule has 0 saturated carbocycles. The average Bonchev–Trinajstić information content (AvgIpc) is 3.32. The molecule has 7 heteroatoms. The minimum atomic E-state index is -0.314. The molecule has 0 bridgehead atoms. The zero-order valence-electron chi connectivity index (χ0n) is 16.7. The van der Waals surface area contributed by atoms with E-state index in [0.29, 0.717) is 22.7 Å². The Morgan fingerprint density at radius 3 is 2.54 bits per heavy atom. The first-order valence-corrected chi connectivity index (χ1v) is 10.4. The van der Waals surface area contributed by atoms with Crippen molar-refractivity contribution in [1.29, 1.82) is 0 Å². The van der Waals surface area contributed by atoms with Crippen LogP contribution in [0, 0.1) is 5.92 Å². The fraction of sp³-hybridized carbons (Fsp3) is 0.381. The Kier molecular flexibility index (Phi) is 6.57. The topological polar surface area (TPSA) is 73.0 Å². The lowest BCUT2D eigenvalue weighted by Crippen LogP contribution is -2.23. The largest absolute Gasteiger partial charge is 0.461 e. The number of carbonyl (C=O) groups excluding carboxylic acids is 1. The second-order valence-corrected chi connectivity index (χ2v) is 8.40. The third-order valence-corrected chi connectivity index (χ3v) is 5.37. The summed E-state index contributed by atoms with van der Waals surface area (Å²) in [5, 5.41) is 12.0. The third-order valence-electron chi connectivity index (χ3n) is 4.29. The fourth-order valence-electron chi connectivity index (χ4n) is 2.77. The number of carbonyl (C=O) groups is 1. The number of aromatic nitrogens is 3. The zero-order chi connectivity index (χ0) is 20.1. The van der Waals surface area contributed by atoms with Gasteiger partial charge in [-0.05, 0) is 49.1 Å². The smallest absolute Gasteiger partial charge is 0.237 e. The molecule has 0 spiro atoms. The van der Waals surface area contributed by atoms with E-state index in [2.05, 4.69) is 36.3 Å². The van der Waals surface area contributed by atoms with E-state index in [0.717, 1.165) is 18.7 Å². The van der Waals surface area contributed by atoms with Crippen LogP contribution in [0.1, 0.15) is 33.3 Å². The fourth-order valence-corrected chi connectivity index (χ4v) is 3.63. The Bertz CT molecular complexity index is 901. The van der Waals surface area contributed by atoms with E-state index < -0.39 is 0 Å². The van der Waals surface area contributed by atoms with Crippen molar-refractivity contribution in [3.8, 4) is 11.6 Å². The molecule has 0 fully saturated rings. The Morgan fingerprint density at radius 1 is 1.18 bits per heavy atom. The van der Waals surface area contributed by atoms with Gasteiger partial charge in [-0.3, -0.25) is 9.36 Å². The van der Waals surface area contributed by atoms with Gasteiger partial charge in [0, 0.05) is 12.2 Å². The molecule has 3 rings (SSSR count). The van der Waals surface area contributed by atoms with Gasteiger partial charge < -0.3 is 9.73 Å². The standard InChI is InChI=1S/C21H26N4O2S/c1-5-16-8-10-17(11-9-16)22-20(26)15(4)28-21-24-23-19(18-7-6-12-27-18)25(21)13-14(2)3/h6-12,14-15H,5,13H2,1-4H3,(H,22,26). The average molecular weight is 399 g/mol. The van der Waals surface area contributed by atoms with Crippen molar-refractivity contribution in [3.63, 3.8) is 0 Å². The molecule has 2 heterocycles. The number of nitrogens with one attached hydrogen (secondary N) is 1. The summed E-state index contributed by atoms with van der Waals surface area (Å²) in [6.45, 7) is 9.00. The van der Waals surface area contributed by atoms with E-state index in [9.17, 15) is 4.79 Å². The van der Waals surface area contributed by atoms with Crippen LogP contribution >= 0.6 is 11.8 Å². The first kappa shape index (κ1) is 20.2. The van der Waals surface area contributed by atoms with Crippen molar-refractivity contribution in [2.24, 2.45) is 5.92 Å². The maximum atomic E-state index is 12.6. The highest BCUT2D eigenvalue weighted by Gasteiger charge is 2.22. The summed E-state index contributed by atoms with van der Waals surface area (Å²) >= 11 is 1.40. The van der Waals surface area contributed by atoms with Crippen LogP contribution in [0.15, 0.2) is 52.2 Å². The van der Waals surface area contributed by atoms with Gasteiger partial charge in [-0.1, -0.05) is 44.7 Å². The first-order valence-electron chi connectivity index (χ1n) is 9.51. The van der Waals surface area contributed by atoms with Gasteiger partial charge in [0.2, 0.25) is 5.91 Å². The maximum Gasteiger partial charge on any atom is 0.237 e. The zero-order valence-corrected chi connectivity index (χ0v) is 17.5. The minimum absolute atomic E-state index is 0.0621. The molecule has 6 nitrogen and oxygen atoms in total. The summed E-state index contributed by atoms with van der Waals surface area (Å²) in [5.41, 5.74) is 2.04. The molecule has 0 aliphatic carbocycles. The van der Waals surface area contributed by atoms with Crippen LogP contribution in [0.2, 0.25) is 0 Å². The number of benzene rings is 1. The summed E-state index contributed by atoms with van der Waals surface area (Å²) in [6.07, 6.45) is 2.60. The molecule has 1 aromatic carbocycles. The molecule has 3 aromatic rings. The molecule has 1 amide bonds. The highest BCUT2D eigenvalue weighted by Crippen LogP contribution is 2.28. The summed E-state index contributed by atoms with van der Waals surface area (Å²) in [7, 11) is 0. The number of anilines is 1. The van der Waals surface area contributed by atoms with Gasteiger partial charge in [0.1, 0.15) is 0 Å². The molecule has 0 saturated heterocycles. The van der Waals surface area contributed by atoms with Gasteiger partial charge in [-0.2, -0.15) is 0 Å². The summed E-state index contributed by atoms with van der Waals surface area (Å²) in [6, 6.07) is 11.6. The van der Waals surface area contributed by atoms with Crippen LogP contribution in [0.3, 0.4) is 0 Å². The van der Waals surface area contributed by atoms with Crippen molar-refractivity contribution in [3.05, 3.63) is 48.2 Å². The van der Waals surface area contributed by atoms with Crippen LogP contribution in [-0.4, -0.2) is 25.9 Å². The van der Waals surface area contributed by atoms with Crippen LogP contribution in [-0.2, 0) is 17.8 Å². The van der Waals surface area contributed by atoms with Crippen molar-refractivity contribution < 1.29 is 9.21 Å². The van der Waals surface area contributed by atoms with Crippen molar-refractivity contribution in [1.82, 2.24) is 14.8 Å². The number of aryl methyl sites for hydroxylation is 1. The molecule has 1 unspecified atom stereocenters. The Hall–Kier alpha value is -2.54. The number of nitrogens with zero attached hydrogens (tertiary/aromatic N) is 3. The molecule has 0 aliphatic rings. The Morgan fingerprint density at radius 2 is 1.93 bits per heavy atom. The highest BCUT2D eigenvalue weighted by atomic mass is 32.2. The van der Waals surface area contributed by atoms with Crippen molar-refractivity contribution in [2.75, 3.05) is 5.32 Å². The number of thioether (sulfide) groups is 1. The molecule has 1 atom stereocenters. The number of hydrogen-bond acceptors (Lipinski definition) is 5. The van der Waals surface area contributed by atoms with E-state index in [1.807, 2.05) is 47.9 Å². The molecule has 2 aromatic heterocycles. The normalized spacial score (nSPS) is 12.3. The maximum absolute atomic E-state index is 12.6. The second kappa shape index (κ2) is 9.10. The van der Waals surface area contributed by atoms with E-state index >= 15 is 0 Å². The molecule has 0 radical (unpaired) electrons. The number of hydrogen-bond donors (Lipinski definition) is 1. The molecular formula is C21H26N4O2S. The second-order valence-electron chi connectivity index (χ2n) is 7.09. The molecule has 148 valence electrons. The number of amides is 1. The van der Waals surface area contributed by atoms with Gasteiger partial charge in [-0.25, -0.2) is 0 Å². The van der Waals surface area contributed by atoms with Crippen LogP contribution in [0.4, 0.5) is 5.69 Å². The van der Waals surface area contributed by atoms with Crippen LogP contribution < -0.4 is 5.32 Å². The molecule has 28 heavy (non-hydrogen) atoms. The van der Waals surface area contributed by atoms with Crippen LogP contribution in [0.25, 0.3) is 11.6 Å². The van der Waals surface area contributed by atoms with Gasteiger partial charge in [0.05, 0.1) is 11.5 Å². The third kappa shape index (κ3) is 4.84. The Labute approximate surface area is 169 Å². The lowest BCUT2D eigenvalue weighted by molar-refractivity contribution is -0.115. The molecule has 1 N–H and O–H groups in total. The quantitative estimate of drug-likeness (QED) is 0.548. The number of furan rings is 1. The van der Waals surface area contributed by atoms with Gasteiger partial charge in [0.15, 0.2) is 16.7 Å². The van der Waals surface area contributed by atoms with Gasteiger partial charge in [-0.15, -0.1) is 10.2 Å². The lowest BCUT2D eigenvalue weighted by atomic mass is 10.1. The van der Waals surface area contributed by atoms with Gasteiger partial charge >= 0.3 is 0 Å². The summed E-state index contributed by atoms with van der Waals surface area (Å²) in [4.78, 5) is 12.6. The number of rotatable bonds is 8. The predicted molar refractivity (Wildman–Crippen MR) is 112 cm³/mol. The van der Waals surface area contributed by atoms with Crippen molar-refractivity contribution in [2.45, 2.75) is 51.1 Å². The minimum Gasteiger partial charge on any atom is -0.461 e. The van der Waals surface area contributed by atoms with Crippen molar-refractivity contribution >= 4 is 23.4 Å². The lowest BCUT2D eigenvalue weighted by Gasteiger charge is -2.15. The SMILES string of the molecule is CCc1ccc(NC(=O)C(C)Sc2nnc(-c3ccco3)n2CC(C)C)cc1. The van der Waals surface area contributed by atoms with Crippen LogP contribution in [0.5, 0.6) is 0 Å². The van der Waals surface area contributed by atoms with E-state index in [1.165, 1.54) is 17.3 Å².